The third-order valence-corrected chi connectivity index (χ3v) is 7.81. The number of urea groups is 1. The molecule has 1 atom stereocenters. The normalized spacial score (nSPS) is 24.0. The van der Waals surface area contributed by atoms with Crippen LogP contribution in [0.3, 0.4) is 0 Å². The first kappa shape index (κ1) is 22.0. The van der Waals surface area contributed by atoms with E-state index < -0.39 is 33.3 Å². The average molecular weight is 457 g/mol. The van der Waals surface area contributed by atoms with E-state index >= 15 is 0 Å². The zero-order chi connectivity index (χ0) is 22.9. The van der Waals surface area contributed by atoms with Crippen molar-refractivity contribution in [1.82, 2.24) is 14.9 Å². The van der Waals surface area contributed by atoms with E-state index in [0.29, 0.717) is 12.8 Å². The van der Waals surface area contributed by atoms with E-state index in [9.17, 15) is 22.8 Å². The summed E-state index contributed by atoms with van der Waals surface area (Å²) in [4.78, 5) is 37.0. The number of imide groups is 1. The molecule has 0 unspecified atom stereocenters. The molecule has 1 aromatic carbocycles. The van der Waals surface area contributed by atoms with Gasteiger partial charge >= 0.3 is 6.03 Å². The number of amides is 4. The highest BCUT2D eigenvalue weighted by Gasteiger charge is 2.46. The van der Waals surface area contributed by atoms with Gasteiger partial charge in [0, 0.05) is 42.9 Å². The summed E-state index contributed by atoms with van der Waals surface area (Å²) in [6, 6.07) is 6.83. The summed E-state index contributed by atoms with van der Waals surface area (Å²) in [7, 11) is -3.76. The lowest BCUT2D eigenvalue weighted by Gasteiger charge is -2.28. The van der Waals surface area contributed by atoms with Crippen molar-refractivity contribution in [2.75, 3.05) is 30.3 Å². The summed E-state index contributed by atoms with van der Waals surface area (Å²) in [5.41, 5.74) is 0.971. The van der Waals surface area contributed by atoms with E-state index in [-0.39, 0.29) is 19.0 Å². The Bertz CT molecular complexity index is 1180. The van der Waals surface area contributed by atoms with Crippen LogP contribution in [0.15, 0.2) is 35.9 Å². The Morgan fingerprint density at radius 2 is 1.94 bits per heavy atom. The zero-order valence-corrected chi connectivity index (χ0v) is 18.5. The molecule has 2 saturated heterocycles. The topological polar surface area (TPSA) is 116 Å². The predicted molar refractivity (Wildman–Crippen MR) is 118 cm³/mol. The van der Waals surface area contributed by atoms with E-state index in [1.807, 2.05) is 24.3 Å². The highest BCUT2D eigenvalue weighted by Crippen LogP contribution is 2.23. The van der Waals surface area contributed by atoms with E-state index in [2.05, 4.69) is 22.5 Å². The number of carbonyl (C=O) groups is 3. The first-order valence-electron chi connectivity index (χ1n) is 10.4. The van der Waals surface area contributed by atoms with Crippen LogP contribution in [0.25, 0.3) is 0 Å². The van der Waals surface area contributed by atoms with Crippen LogP contribution in [0.2, 0.25) is 0 Å². The minimum absolute atomic E-state index is 0.120. The Hall–Kier alpha value is -3.16. The van der Waals surface area contributed by atoms with Crippen LogP contribution in [0.1, 0.15) is 31.7 Å². The van der Waals surface area contributed by atoms with Gasteiger partial charge in [-0.05, 0) is 38.0 Å². The number of hydrogen-bond acceptors (Lipinski definition) is 5. The molecule has 0 aromatic heterocycles. The molecule has 0 bridgehead atoms. The fourth-order valence-electron chi connectivity index (χ4n) is 3.98. The Kier molecular flexibility index (Phi) is 5.79. The fourth-order valence-corrected chi connectivity index (χ4v) is 5.77. The molecule has 3 aliphatic heterocycles. The highest BCUT2D eigenvalue weighted by molar-refractivity contribution is 7.89. The number of nitrogens with zero attached hydrogens (tertiary/aromatic N) is 2. The molecule has 0 radical (unpaired) electrons. The van der Waals surface area contributed by atoms with Gasteiger partial charge in [-0.1, -0.05) is 24.0 Å². The number of anilines is 1. The number of rotatable bonds is 4. The van der Waals surface area contributed by atoms with Gasteiger partial charge in [0.05, 0.1) is 5.75 Å². The minimum atomic E-state index is -3.76. The van der Waals surface area contributed by atoms with Gasteiger partial charge in [-0.25, -0.2) is 13.2 Å². The number of benzene rings is 1. The van der Waals surface area contributed by atoms with E-state index in [1.54, 1.807) is 11.0 Å². The molecule has 10 heteroatoms. The van der Waals surface area contributed by atoms with Crippen LogP contribution in [0.5, 0.6) is 0 Å². The van der Waals surface area contributed by atoms with Crippen LogP contribution in [-0.4, -0.2) is 61.5 Å². The van der Waals surface area contributed by atoms with Crippen LogP contribution in [0.4, 0.5) is 10.5 Å². The Labute approximate surface area is 186 Å². The third-order valence-electron chi connectivity index (χ3n) is 5.75. The second kappa shape index (κ2) is 8.41. The van der Waals surface area contributed by atoms with Crippen LogP contribution in [-0.2, 0) is 19.6 Å². The number of sulfonamides is 1. The van der Waals surface area contributed by atoms with Gasteiger partial charge in [0.1, 0.15) is 5.54 Å². The maximum absolute atomic E-state index is 12.8. The lowest BCUT2D eigenvalue weighted by molar-refractivity contribution is -0.122. The summed E-state index contributed by atoms with van der Waals surface area (Å²) in [5, 5.41) is 4.45. The molecule has 3 aliphatic rings. The quantitative estimate of drug-likeness (QED) is 0.512. The van der Waals surface area contributed by atoms with Crippen LogP contribution < -0.4 is 15.5 Å². The Balaban J connectivity index is 1.41. The van der Waals surface area contributed by atoms with Gasteiger partial charge < -0.3 is 10.2 Å². The number of hydrogen-bond donors (Lipinski definition) is 2. The number of carbonyl (C=O) groups excluding carboxylic acids is 3. The van der Waals surface area contributed by atoms with Gasteiger partial charge in [0.2, 0.25) is 15.9 Å². The standard InChI is InChI=1S/C22H24N4O5S/c1-22(20(28)23-21(29)24-22)15-32(30,31)25-12-9-16(10-13-25)7-8-17-4-2-5-18(14-17)26-11-3-6-19(26)27/h2,4-5,9,14H,3,6,10-13,15H2,1H3,(H2,23,24,28,29)/t22-/m1/s1. The summed E-state index contributed by atoms with van der Waals surface area (Å²) >= 11 is 0. The van der Waals surface area contributed by atoms with Crippen molar-refractivity contribution >= 4 is 33.6 Å². The largest absolute Gasteiger partial charge is 0.322 e. The first-order valence-corrected chi connectivity index (χ1v) is 12.0. The minimum Gasteiger partial charge on any atom is -0.322 e. The molecule has 0 aliphatic carbocycles. The summed E-state index contributed by atoms with van der Waals surface area (Å²) in [6.45, 7) is 2.51. The second-order valence-corrected chi connectivity index (χ2v) is 10.3. The Morgan fingerprint density at radius 3 is 2.56 bits per heavy atom. The smallest absolute Gasteiger partial charge is 0.322 e. The molecule has 2 N–H and O–H groups in total. The lowest BCUT2D eigenvalue weighted by atomic mass is 10.1. The van der Waals surface area contributed by atoms with Gasteiger partial charge in [0.25, 0.3) is 5.91 Å². The SMILES string of the molecule is C[C@]1(CS(=O)(=O)N2CC=C(C#Cc3cccc(N4CCCC4=O)c3)CC2)NC(=O)NC1=O. The van der Waals surface area contributed by atoms with Gasteiger partial charge in [-0.15, -0.1) is 0 Å². The molecule has 168 valence electrons. The molecular formula is C22H24N4O5S. The van der Waals surface area contributed by atoms with Crippen molar-refractivity contribution in [3.8, 4) is 11.8 Å². The van der Waals surface area contributed by atoms with Crippen molar-refractivity contribution in [3.05, 3.63) is 41.5 Å². The number of nitrogens with one attached hydrogen (secondary N) is 2. The van der Waals surface area contributed by atoms with E-state index in [4.69, 9.17) is 0 Å². The molecule has 4 amide bonds. The van der Waals surface area contributed by atoms with Gasteiger partial charge in [-0.3, -0.25) is 14.9 Å². The van der Waals surface area contributed by atoms with Crippen molar-refractivity contribution < 1.29 is 22.8 Å². The van der Waals surface area contributed by atoms with Gasteiger partial charge in [0.15, 0.2) is 0 Å². The summed E-state index contributed by atoms with van der Waals surface area (Å²) in [6.07, 6.45) is 3.64. The maximum Gasteiger partial charge on any atom is 0.322 e. The molecule has 2 fully saturated rings. The second-order valence-electron chi connectivity index (χ2n) is 8.28. The Morgan fingerprint density at radius 1 is 1.12 bits per heavy atom. The zero-order valence-electron chi connectivity index (χ0n) is 17.7. The van der Waals surface area contributed by atoms with E-state index in [0.717, 1.165) is 29.8 Å². The molecule has 3 heterocycles. The molecule has 32 heavy (non-hydrogen) atoms. The fraction of sp³-hybridized carbons (Fsp3) is 0.409. The summed E-state index contributed by atoms with van der Waals surface area (Å²) in [5.74, 6) is 5.16. The molecule has 1 aromatic rings. The first-order chi connectivity index (χ1) is 15.2. The van der Waals surface area contributed by atoms with Crippen molar-refractivity contribution in [2.24, 2.45) is 0 Å². The van der Waals surface area contributed by atoms with Gasteiger partial charge in [-0.2, -0.15) is 4.31 Å². The maximum atomic E-state index is 12.8. The van der Waals surface area contributed by atoms with Crippen molar-refractivity contribution in [3.63, 3.8) is 0 Å². The highest BCUT2D eigenvalue weighted by atomic mass is 32.2. The molecule has 0 saturated carbocycles. The average Bonchev–Trinajstić information content (AvgIpc) is 3.28. The van der Waals surface area contributed by atoms with Crippen LogP contribution in [0, 0.1) is 11.8 Å². The van der Waals surface area contributed by atoms with Crippen molar-refractivity contribution in [1.29, 1.82) is 0 Å². The van der Waals surface area contributed by atoms with Crippen molar-refractivity contribution in [2.45, 2.75) is 31.7 Å². The molecule has 9 nitrogen and oxygen atoms in total. The predicted octanol–water partition coefficient (Wildman–Crippen LogP) is 0.725. The summed E-state index contributed by atoms with van der Waals surface area (Å²) < 4.78 is 26.8. The third kappa shape index (κ3) is 4.54. The molecular weight excluding hydrogens is 432 g/mol. The molecule has 0 spiro atoms. The lowest BCUT2D eigenvalue weighted by Crippen LogP contribution is -2.52. The van der Waals surface area contributed by atoms with Crippen LogP contribution >= 0.6 is 0 Å². The van der Waals surface area contributed by atoms with E-state index in [1.165, 1.54) is 11.2 Å². The monoisotopic (exact) mass is 456 g/mol. The molecule has 4 rings (SSSR count).